The fraction of sp³-hybridized carbons (Fsp3) is 0.118. The molecule has 2 aromatic rings. The van der Waals surface area contributed by atoms with E-state index in [2.05, 4.69) is 5.32 Å². The van der Waals surface area contributed by atoms with Gasteiger partial charge in [-0.15, -0.1) is 0 Å². The maximum atomic E-state index is 11.9. The van der Waals surface area contributed by atoms with Gasteiger partial charge in [0.25, 0.3) is 0 Å². The molecule has 0 saturated carbocycles. The Balaban J connectivity index is 2.12. The lowest BCUT2D eigenvalue weighted by Crippen LogP contribution is -2.08. The maximum Gasteiger partial charge on any atom is 0.248 e. The fourth-order valence-electron chi connectivity index (χ4n) is 1.89. The predicted molar refractivity (Wildman–Crippen MR) is 86.8 cm³/mol. The average molecular weight is 302 g/mol. The Kier molecular flexibility index (Phi) is 5.01. The van der Waals surface area contributed by atoms with Gasteiger partial charge in [0.1, 0.15) is 5.75 Å². The molecule has 108 valence electrons. The van der Waals surface area contributed by atoms with Crippen molar-refractivity contribution in [1.82, 2.24) is 0 Å². The zero-order valence-electron chi connectivity index (χ0n) is 11.9. The molecular weight excluding hydrogens is 286 g/mol. The SMILES string of the molecule is COc1ccc(C)cc1/C=C/C(=O)Nc1ccccc1Cl. The molecule has 4 heteroatoms. The van der Waals surface area contributed by atoms with Crippen LogP contribution in [-0.2, 0) is 4.79 Å². The van der Waals surface area contributed by atoms with E-state index in [1.807, 2.05) is 37.3 Å². The molecule has 2 aromatic carbocycles. The third-order valence-corrected chi connectivity index (χ3v) is 3.26. The maximum absolute atomic E-state index is 11.9. The molecule has 2 rings (SSSR count). The molecule has 0 heterocycles. The van der Waals surface area contributed by atoms with E-state index >= 15 is 0 Å². The second-order valence-corrected chi connectivity index (χ2v) is 4.96. The molecule has 0 aliphatic rings. The van der Waals surface area contributed by atoms with E-state index in [0.29, 0.717) is 10.7 Å². The first-order valence-corrected chi connectivity index (χ1v) is 6.86. The molecule has 0 bridgehead atoms. The van der Waals surface area contributed by atoms with Crippen LogP contribution in [-0.4, -0.2) is 13.0 Å². The monoisotopic (exact) mass is 301 g/mol. The van der Waals surface area contributed by atoms with Crippen molar-refractivity contribution in [2.24, 2.45) is 0 Å². The molecular formula is C17H16ClNO2. The molecule has 1 amide bonds. The lowest BCUT2D eigenvalue weighted by Gasteiger charge is -2.06. The van der Waals surface area contributed by atoms with Crippen molar-refractivity contribution in [2.75, 3.05) is 12.4 Å². The van der Waals surface area contributed by atoms with Crippen LogP contribution in [0.5, 0.6) is 5.75 Å². The molecule has 0 saturated heterocycles. The van der Waals surface area contributed by atoms with Crippen LogP contribution in [0.4, 0.5) is 5.69 Å². The van der Waals surface area contributed by atoms with Gasteiger partial charge in [0, 0.05) is 11.6 Å². The van der Waals surface area contributed by atoms with Crippen molar-refractivity contribution < 1.29 is 9.53 Å². The molecule has 3 nitrogen and oxygen atoms in total. The van der Waals surface area contributed by atoms with E-state index in [4.69, 9.17) is 16.3 Å². The largest absolute Gasteiger partial charge is 0.496 e. The topological polar surface area (TPSA) is 38.3 Å². The summed E-state index contributed by atoms with van der Waals surface area (Å²) in [6.07, 6.45) is 3.18. The number of aryl methyl sites for hydroxylation is 1. The standard InChI is InChI=1S/C17H16ClNO2/c1-12-7-9-16(21-2)13(11-12)8-10-17(20)19-15-6-4-3-5-14(15)18/h3-11H,1-2H3,(H,19,20)/b10-8+. The zero-order valence-corrected chi connectivity index (χ0v) is 12.6. The number of methoxy groups -OCH3 is 1. The molecule has 0 aliphatic heterocycles. The van der Waals surface area contributed by atoms with Crippen molar-refractivity contribution >= 4 is 29.3 Å². The Hall–Kier alpha value is -2.26. The predicted octanol–water partition coefficient (Wildman–Crippen LogP) is 4.31. The highest BCUT2D eigenvalue weighted by Gasteiger charge is 2.03. The Morgan fingerprint density at radius 2 is 2.00 bits per heavy atom. The van der Waals surface area contributed by atoms with Gasteiger partial charge < -0.3 is 10.1 Å². The first-order valence-electron chi connectivity index (χ1n) is 6.48. The van der Waals surface area contributed by atoms with E-state index < -0.39 is 0 Å². The molecule has 0 aliphatic carbocycles. The summed E-state index contributed by atoms with van der Waals surface area (Å²) in [4.78, 5) is 11.9. The number of halogens is 1. The number of carbonyl (C=O) groups excluding carboxylic acids is 1. The highest BCUT2D eigenvalue weighted by Crippen LogP contribution is 2.22. The second-order valence-electron chi connectivity index (χ2n) is 4.55. The highest BCUT2D eigenvalue weighted by atomic mass is 35.5. The summed E-state index contributed by atoms with van der Waals surface area (Å²) in [5.74, 6) is 0.481. The number of hydrogen-bond donors (Lipinski definition) is 1. The van der Waals surface area contributed by atoms with Crippen molar-refractivity contribution in [1.29, 1.82) is 0 Å². The summed E-state index contributed by atoms with van der Waals surface area (Å²) in [6, 6.07) is 12.9. The minimum absolute atomic E-state index is 0.244. The van der Waals surface area contributed by atoms with Gasteiger partial charge in [-0.05, 0) is 37.3 Å². The number of para-hydroxylation sites is 1. The van der Waals surface area contributed by atoms with Gasteiger partial charge in [-0.3, -0.25) is 4.79 Å². The van der Waals surface area contributed by atoms with Crippen LogP contribution >= 0.6 is 11.6 Å². The highest BCUT2D eigenvalue weighted by molar-refractivity contribution is 6.33. The van der Waals surface area contributed by atoms with Gasteiger partial charge in [-0.1, -0.05) is 35.4 Å². The van der Waals surface area contributed by atoms with Crippen LogP contribution in [0.1, 0.15) is 11.1 Å². The lowest BCUT2D eigenvalue weighted by molar-refractivity contribution is -0.111. The minimum atomic E-state index is -0.244. The number of anilines is 1. The van der Waals surface area contributed by atoms with Crippen LogP contribution in [0.15, 0.2) is 48.5 Å². The molecule has 1 N–H and O–H groups in total. The average Bonchev–Trinajstić information content (AvgIpc) is 2.48. The number of benzene rings is 2. The number of carbonyl (C=O) groups is 1. The zero-order chi connectivity index (χ0) is 15.2. The molecule has 0 aromatic heterocycles. The molecule has 0 fully saturated rings. The molecule has 0 atom stereocenters. The normalized spacial score (nSPS) is 10.6. The molecule has 21 heavy (non-hydrogen) atoms. The van der Waals surface area contributed by atoms with Crippen LogP contribution in [0.3, 0.4) is 0 Å². The Morgan fingerprint density at radius 3 is 2.71 bits per heavy atom. The molecule has 0 spiro atoms. The lowest BCUT2D eigenvalue weighted by atomic mass is 10.1. The van der Waals surface area contributed by atoms with Crippen LogP contribution in [0, 0.1) is 6.92 Å². The number of ether oxygens (including phenoxy) is 1. The van der Waals surface area contributed by atoms with Gasteiger partial charge in [-0.2, -0.15) is 0 Å². The third kappa shape index (κ3) is 4.10. The van der Waals surface area contributed by atoms with Crippen molar-refractivity contribution in [3.63, 3.8) is 0 Å². The van der Waals surface area contributed by atoms with E-state index in [-0.39, 0.29) is 5.91 Å². The Labute approximate surface area is 129 Å². The molecule has 0 unspecified atom stereocenters. The van der Waals surface area contributed by atoms with Crippen molar-refractivity contribution in [3.8, 4) is 5.75 Å². The summed E-state index contributed by atoms with van der Waals surface area (Å²) in [7, 11) is 1.60. The summed E-state index contributed by atoms with van der Waals surface area (Å²) >= 11 is 6.00. The first kappa shape index (κ1) is 15.1. The van der Waals surface area contributed by atoms with E-state index in [1.165, 1.54) is 6.08 Å². The van der Waals surface area contributed by atoms with E-state index in [0.717, 1.165) is 16.9 Å². The van der Waals surface area contributed by atoms with Gasteiger partial charge in [0.15, 0.2) is 0 Å². The number of rotatable bonds is 4. The summed E-state index contributed by atoms with van der Waals surface area (Å²) in [5.41, 5.74) is 2.54. The minimum Gasteiger partial charge on any atom is -0.496 e. The third-order valence-electron chi connectivity index (χ3n) is 2.93. The van der Waals surface area contributed by atoms with Gasteiger partial charge >= 0.3 is 0 Å². The van der Waals surface area contributed by atoms with Gasteiger partial charge in [0.05, 0.1) is 17.8 Å². The summed E-state index contributed by atoms with van der Waals surface area (Å²) in [5, 5.41) is 3.24. The Morgan fingerprint density at radius 1 is 1.24 bits per heavy atom. The summed E-state index contributed by atoms with van der Waals surface area (Å²) in [6.45, 7) is 1.99. The van der Waals surface area contributed by atoms with Crippen LogP contribution in [0.25, 0.3) is 6.08 Å². The van der Waals surface area contributed by atoms with Crippen LogP contribution in [0.2, 0.25) is 5.02 Å². The Bertz CT molecular complexity index is 680. The quantitative estimate of drug-likeness (QED) is 0.855. The summed E-state index contributed by atoms with van der Waals surface area (Å²) < 4.78 is 5.27. The van der Waals surface area contributed by atoms with Gasteiger partial charge in [0.2, 0.25) is 5.91 Å². The van der Waals surface area contributed by atoms with E-state index in [1.54, 1.807) is 25.3 Å². The van der Waals surface area contributed by atoms with Crippen molar-refractivity contribution in [2.45, 2.75) is 6.92 Å². The second kappa shape index (κ2) is 6.95. The van der Waals surface area contributed by atoms with Gasteiger partial charge in [-0.25, -0.2) is 0 Å². The van der Waals surface area contributed by atoms with Crippen LogP contribution < -0.4 is 10.1 Å². The number of amides is 1. The van der Waals surface area contributed by atoms with Crippen molar-refractivity contribution in [3.05, 3.63) is 64.7 Å². The molecule has 0 radical (unpaired) electrons. The smallest absolute Gasteiger partial charge is 0.248 e. The number of hydrogen-bond acceptors (Lipinski definition) is 2. The van der Waals surface area contributed by atoms with E-state index in [9.17, 15) is 4.79 Å². The first-order chi connectivity index (χ1) is 10.1. The fourth-order valence-corrected chi connectivity index (χ4v) is 2.07. The number of nitrogens with one attached hydrogen (secondary N) is 1.